The van der Waals surface area contributed by atoms with Crippen LogP contribution in [0.1, 0.15) is 6.42 Å². The summed E-state index contributed by atoms with van der Waals surface area (Å²) in [6, 6.07) is 16.0. The number of benzene rings is 2. The molecule has 0 atom stereocenters. The summed E-state index contributed by atoms with van der Waals surface area (Å²) in [4.78, 5) is 20.0. The molecule has 1 fully saturated rings. The van der Waals surface area contributed by atoms with E-state index in [0.29, 0.717) is 12.2 Å². The maximum Gasteiger partial charge on any atom is 0.307 e. The Kier molecular flexibility index (Phi) is 5.50. The van der Waals surface area contributed by atoms with Gasteiger partial charge in [0, 0.05) is 10.6 Å². The number of aromatic nitrogens is 1. The molecule has 0 N–H and O–H groups in total. The van der Waals surface area contributed by atoms with Crippen LogP contribution < -0.4 is 9.64 Å². The molecule has 5 nitrogen and oxygen atoms in total. The Morgan fingerprint density at radius 2 is 2.00 bits per heavy atom. The number of thiazole rings is 1. The van der Waals surface area contributed by atoms with Crippen LogP contribution in [-0.2, 0) is 9.53 Å². The summed E-state index contributed by atoms with van der Waals surface area (Å²) in [7, 11) is 1.65. The first-order valence-electron chi connectivity index (χ1n) is 8.78. The Labute approximate surface area is 166 Å². The molecule has 0 unspecified atom stereocenters. The summed E-state index contributed by atoms with van der Waals surface area (Å²) >= 11 is 3.32. The number of anilines is 1. The van der Waals surface area contributed by atoms with Crippen molar-refractivity contribution < 1.29 is 14.3 Å². The van der Waals surface area contributed by atoms with E-state index in [1.165, 1.54) is 4.70 Å². The number of rotatable bonds is 7. The number of ether oxygens (including phenoxy) is 2. The van der Waals surface area contributed by atoms with Gasteiger partial charge in [0.1, 0.15) is 11.9 Å². The summed E-state index contributed by atoms with van der Waals surface area (Å²) < 4.78 is 11.9. The normalized spacial score (nSPS) is 14.2. The molecule has 4 rings (SSSR count). The van der Waals surface area contributed by atoms with Crippen molar-refractivity contribution in [1.29, 1.82) is 0 Å². The Balaban J connectivity index is 1.18. The second-order valence-corrected chi connectivity index (χ2v) is 8.43. The molecular weight excluding hydrogens is 380 g/mol. The van der Waals surface area contributed by atoms with Gasteiger partial charge >= 0.3 is 5.97 Å². The van der Waals surface area contributed by atoms with Crippen molar-refractivity contribution in [2.45, 2.75) is 17.4 Å². The molecule has 7 heteroatoms. The number of thioether (sulfide) groups is 1. The van der Waals surface area contributed by atoms with Gasteiger partial charge in [-0.3, -0.25) is 4.79 Å². The largest absolute Gasteiger partial charge is 0.497 e. The number of esters is 1. The summed E-state index contributed by atoms with van der Waals surface area (Å²) in [5, 5.41) is 0.999. The van der Waals surface area contributed by atoms with Crippen LogP contribution in [0.3, 0.4) is 0 Å². The molecular formula is C20H20N2O3S2. The van der Waals surface area contributed by atoms with Gasteiger partial charge in [0.15, 0.2) is 5.13 Å². The summed E-state index contributed by atoms with van der Waals surface area (Å²) in [6.07, 6.45) is 0.379. The first-order valence-corrected chi connectivity index (χ1v) is 10.6. The van der Waals surface area contributed by atoms with Gasteiger partial charge < -0.3 is 14.4 Å². The average Bonchev–Trinajstić information content (AvgIpc) is 3.08. The van der Waals surface area contributed by atoms with Gasteiger partial charge in [-0.1, -0.05) is 23.5 Å². The number of hydrogen-bond acceptors (Lipinski definition) is 7. The molecule has 0 saturated carbocycles. The van der Waals surface area contributed by atoms with Crippen LogP contribution in [0.2, 0.25) is 0 Å². The lowest BCUT2D eigenvalue weighted by atomic mass is 10.2. The van der Waals surface area contributed by atoms with E-state index in [2.05, 4.69) is 16.0 Å². The van der Waals surface area contributed by atoms with Gasteiger partial charge in [-0.05, 0) is 36.4 Å². The van der Waals surface area contributed by atoms with E-state index in [1.807, 2.05) is 42.5 Å². The van der Waals surface area contributed by atoms with Crippen molar-refractivity contribution in [1.82, 2.24) is 4.98 Å². The van der Waals surface area contributed by atoms with Crippen molar-refractivity contribution >= 4 is 44.4 Å². The van der Waals surface area contributed by atoms with Crippen LogP contribution in [0.15, 0.2) is 53.4 Å². The molecule has 1 saturated heterocycles. The van der Waals surface area contributed by atoms with E-state index < -0.39 is 0 Å². The van der Waals surface area contributed by atoms with E-state index in [4.69, 9.17) is 9.47 Å². The smallest absolute Gasteiger partial charge is 0.307 e. The highest BCUT2D eigenvalue weighted by molar-refractivity contribution is 7.99. The minimum Gasteiger partial charge on any atom is -0.497 e. The molecule has 0 radical (unpaired) electrons. The summed E-state index contributed by atoms with van der Waals surface area (Å²) in [5.74, 6) is 1.41. The second kappa shape index (κ2) is 8.19. The Hall–Kier alpha value is -2.25. The van der Waals surface area contributed by atoms with E-state index in [-0.39, 0.29) is 12.1 Å². The van der Waals surface area contributed by atoms with Crippen molar-refractivity contribution in [2.24, 2.45) is 0 Å². The fraction of sp³-hybridized carbons (Fsp3) is 0.300. The number of nitrogens with zero attached hydrogens (tertiary/aromatic N) is 2. The molecule has 27 heavy (non-hydrogen) atoms. The minimum absolute atomic E-state index is 0.0319. The van der Waals surface area contributed by atoms with Gasteiger partial charge in [0.2, 0.25) is 0 Å². The minimum atomic E-state index is -0.134. The topological polar surface area (TPSA) is 51.7 Å². The van der Waals surface area contributed by atoms with Crippen LogP contribution in [-0.4, -0.2) is 43.0 Å². The van der Waals surface area contributed by atoms with E-state index >= 15 is 0 Å². The molecule has 1 aliphatic rings. The molecule has 2 aromatic carbocycles. The molecule has 1 aliphatic heterocycles. The maximum atomic E-state index is 12.0. The molecule has 0 amide bonds. The predicted molar refractivity (Wildman–Crippen MR) is 110 cm³/mol. The maximum absolute atomic E-state index is 12.0. The number of carbonyl (C=O) groups excluding carboxylic acids is 1. The number of hydrogen-bond donors (Lipinski definition) is 0. The van der Waals surface area contributed by atoms with Gasteiger partial charge in [-0.15, -0.1) is 11.8 Å². The lowest BCUT2D eigenvalue weighted by molar-refractivity contribution is -0.149. The highest BCUT2D eigenvalue weighted by atomic mass is 32.2. The van der Waals surface area contributed by atoms with Crippen LogP contribution in [0.25, 0.3) is 10.2 Å². The molecule has 0 aliphatic carbocycles. The molecule has 0 bridgehead atoms. The Bertz CT molecular complexity index is 887. The monoisotopic (exact) mass is 400 g/mol. The standard InChI is InChI=1S/C20H20N2O3S2/c1-24-14-6-8-16(9-7-14)26-11-10-19(23)25-15-12-22(13-15)20-21-17-4-2-3-5-18(17)27-20/h2-9,15H,10-13H2,1H3. The molecule has 0 spiro atoms. The third-order valence-electron chi connectivity index (χ3n) is 4.33. The summed E-state index contributed by atoms with van der Waals surface area (Å²) in [5.41, 5.74) is 1.02. The number of carbonyl (C=O) groups is 1. The molecule has 2 heterocycles. The van der Waals surface area contributed by atoms with Crippen molar-refractivity contribution in [3.8, 4) is 5.75 Å². The molecule has 140 valence electrons. The zero-order valence-corrected chi connectivity index (χ0v) is 16.6. The predicted octanol–water partition coefficient (Wildman–Crippen LogP) is 4.22. The average molecular weight is 401 g/mol. The van der Waals surface area contributed by atoms with Gasteiger partial charge in [0.05, 0.1) is 36.8 Å². The first-order chi connectivity index (χ1) is 13.2. The highest BCUT2D eigenvalue weighted by Gasteiger charge is 2.31. The van der Waals surface area contributed by atoms with Gasteiger partial charge in [-0.2, -0.15) is 0 Å². The Morgan fingerprint density at radius 1 is 1.22 bits per heavy atom. The molecule has 3 aromatic rings. The molecule has 1 aromatic heterocycles. The van der Waals surface area contributed by atoms with Gasteiger partial charge in [-0.25, -0.2) is 4.98 Å². The second-order valence-electron chi connectivity index (χ2n) is 6.26. The zero-order valence-electron chi connectivity index (χ0n) is 15.0. The number of fused-ring (bicyclic) bond motifs is 1. The van der Waals surface area contributed by atoms with E-state index in [1.54, 1.807) is 30.2 Å². The Morgan fingerprint density at radius 3 is 2.74 bits per heavy atom. The third kappa shape index (κ3) is 4.36. The van der Waals surface area contributed by atoms with Crippen LogP contribution in [0, 0.1) is 0 Å². The first kappa shape index (κ1) is 18.1. The van der Waals surface area contributed by atoms with Crippen LogP contribution in [0.4, 0.5) is 5.13 Å². The zero-order chi connectivity index (χ0) is 18.6. The quantitative estimate of drug-likeness (QED) is 0.437. The highest BCUT2D eigenvalue weighted by Crippen LogP contribution is 2.32. The van der Waals surface area contributed by atoms with Crippen LogP contribution in [0.5, 0.6) is 5.75 Å². The third-order valence-corrected chi connectivity index (χ3v) is 6.44. The summed E-state index contributed by atoms with van der Waals surface area (Å²) in [6.45, 7) is 1.44. The SMILES string of the molecule is COc1ccc(SCCC(=O)OC2CN(c3nc4ccccc4s3)C2)cc1. The van der Waals surface area contributed by atoms with E-state index in [0.717, 1.165) is 34.4 Å². The number of para-hydroxylation sites is 1. The van der Waals surface area contributed by atoms with Crippen LogP contribution >= 0.6 is 23.1 Å². The lowest BCUT2D eigenvalue weighted by Crippen LogP contribution is -2.53. The van der Waals surface area contributed by atoms with Crippen molar-refractivity contribution in [2.75, 3.05) is 30.9 Å². The number of methoxy groups -OCH3 is 1. The fourth-order valence-electron chi connectivity index (χ4n) is 2.83. The van der Waals surface area contributed by atoms with Gasteiger partial charge in [0.25, 0.3) is 0 Å². The lowest BCUT2D eigenvalue weighted by Gasteiger charge is -2.38. The van der Waals surface area contributed by atoms with E-state index in [9.17, 15) is 4.79 Å². The van der Waals surface area contributed by atoms with Crippen molar-refractivity contribution in [3.05, 3.63) is 48.5 Å². The fourth-order valence-corrected chi connectivity index (χ4v) is 4.65. The van der Waals surface area contributed by atoms with Crippen molar-refractivity contribution in [3.63, 3.8) is 0 Å².